The molecule has 224 valence electrons. The SMILES string of the molecule is Cc1cc(N(C)C(N)=O)cc(C)c1CCS(=O)N1CCC2(CC1)N=C(CCCCCC(F)(F)C(F)(F)F)NC2=O. The molecule has 14 heteroatoms. The van der Waals surface area contributed by atoms with E-state index in [1.54, 1.807) is 7.05 Å². The average Bonchev–Trinajstić information content (AvgIpc) is 3.16. The minimum absolute atomic E-state index is 0.157. The van der Waals surface area contributed by atoms with Gasteiger partial charge in [0, 0.05) is 44.4 Å². The lowest BCUT2D eigenvalue weighted by Crippen LogP contribution is -2.49. The third-order valence-electron chi connectivity index (χ3n) is 7.61. The van der Waals surface area contributed by atoms with Gasteiger partial charge in [0.1, 0.15) is 11.4 Å². The lowest BCUT2D eigenvalue weighted by Gasteiger charge is -2.34. The van der Waals surface area contributed by atoms with Gasteiger partial charge < -0.3 is 11.1 Å². The first-order valence-electron chi connectivity index (χ1n) is 13.2. The van der Waals surface area contributed by atoms with Crippen molar-refractivity contribution in [1.29, 1.82) is 0 Å². The number of unbranched alkanes of at least 4 members (excludes halogenated alkanes) is 2. The van der Waals surface area contributed by atoms with Crippen molar-refractivity contribution in [1.82, 2.24) is 9.62 Å². The molecule has 1 aromatic carbocycles. The van der Waals surface area contributed by atoms with Crippen LogP contribution >= 0.6 is 0 Å². The maximum absolute atomic E-state index is 13.1. The van der Waals surface area contributed by atoms with Crippen molar-refractivity contribution in [2.75, 3.05) is 30.8 Å². The van der Waals surface area contributed by atoms with E-state index < -0.39 is 41.1 Å². The Kier molecular flexibility index (Phi) is 9.97. The van der Waals surface area contributed by atoms with E-state index in [1.165, 1.54) is 4.90 Å². The van der Waals surface area contributed by atoms with Gasteiger partial charge in [-0.25, -0.2) is 13.3 Å². The van der Waals surface area contributed by atoms with Crippen LogP contribution in [0.2, 0.25) is 0 Å². The van der Waals surface area contributed by atoms with Gasteiger partial charge in [-0.3, -0.25) is 14.7 Å². The third-order valence-corrected chi connectivity index (χ3v) is 9.11. The smallest absolute Gasteiger partial charge is 0.351 e. The summed E-state index contributed by atoms with van der Waals surface area (Å²) in [4.78, 5) is 30.1. The normalized spacial score (nSPS) is 18.5. The number of anilines is 1. The highest BCUT2D eigenvalue weighted by atomic mass is 32.2. The number of hydrogen-bond acceptors (Lipinski definition) is 4. The second-order valence-electron chi connectivity index (χ2n) is 10.5. The van der Waals surface area contributed by atoms with E-state index >= 15 is 0 Å². The van der Waals surface area contributed by atoms with Crippen LogP contribution in [0.3, 0.4) is 0 Å². The number of piperidine rings is 1. The van der Waals surface area contributed by atoms with E-state index in [-0.39, 0.29) is 25.2 Å². The first-order valence-corrected chi connectivity index (χ1v) is 14.5. The Balaban J connectivity index is 1.48. The van der Waals surface area contributed by atoms with Crippen LogP contribution in [0, 0.1) is 13.8 Å². The lowest BCUT2D eigenvalue weighted by molar-refractivity contribution is -0.284. The largest absolute Gasteiger partial charge is 0.453 e. The summed E-state index contributed by atoms with van der Waals surface area (Å²) in [6.45, 7) is 4.67. The highest BCUT2D eigenvalue weighted by Gasteiger charge is 2.56. The standard InChI is InChI=1S/C26H36F5N5O3S/c1-17-15-19(35(3)23(32)38)16-18(2)20(17)8-14-40(39)36-12-10-24(11-13-36)22(37)33-21(34-24)7-5-4-6-9-25(27,28)26(29,30)31/h15-16H,4-14H2,1-3H3,(H2,32,38)(H,33,34,37). The number of rotatable bonds is 11. The first kappa shape index (κ1) is 31.9. The molecule has 40 heavy (non-hydrogen) atoms. The zero-order valence-electron chi connectivity index (χ0n) is 22.9. The highest BCUT2D eigenvalue weighted by molar-refractivity contribution is 7.82. The van der Waals surface area contributed by atoms with E-state index in [1.807, 2.05) is 30.3 Å². The summed E-state index contributed by atoms with van der Waals surface area (Å²) in [5, 5.41) is 2.72. The minimum atomic E-state index is -5.55. The van der Waals surface area contributed by atoms with E-state index in [9.17, 15) is 35.8 Å². The van der Waals surface area contributed by atoms with Gasteiger partial charge in [0.15, 0.2) is 0 Å². The number of carbonyl (C=O) groups excluding carboxylic acids is 2. The van der Waals surface area contributed by atoms with Crippen molar-refractivity contribution in [3.8, 4) is 0 Å². The van der Waals surface area contributed by atoms with Crippen molar-refractivity contribution in [2.45, 2.75) is 82.9 Å². The number of aliphatic imine (C=N–C) groups is 1. The number of amidine groups is 1. The molecule has 1 saturated heterocycles. The van der Waals surface area contributed by atoms with Crippen molar-refractivity contribution in [2.24, 2.45) is 10.7 Å². The number of halogens is 5. The molecular formula is C26H36F5N5O3S. The maximum atomic E-state index is 13.1. The molecule has 0 saturated carbocycles. The number of nitrogens with two attached hydrogens (primary N) is 1. The molecule has 1 fully saturated rings. The van der Waals surface area contributed by atoms with E-state index in [0.717, 1.165) is 16.7 Å². The highest BCUT2D eigenvalue weighted by Crippen LogP contribution is 2.39. The lowest BCUT2D eigenvalue weighted by atomic mass is 9.89. The summed E-state index contributed by atoms with van der Waals surface area (Å²) in [5.41, 5.74) is 8.07. The molecule has 1 aromatic rings. The zero-order valence-corrected chi connectivity index (χ0v) is 23.7. The first-order chi connectivity index (χ1) is 18.6. The summed E-state index contributed by atoms with van der Waals surface area (Å²) in [5.74, 6) is -4.15. The Morgan fingerprint density at radius 1 is 1.10 bits per heavy atom. The van der Waals surface area contributed by atoms with E-state index in [4.69, 9.17) is 5.73 Å². The fraction of sp³-hybridized carbons (Fsp3) is 0.654. The Morgan fingerprint density at radius 3 is 2.25 bits per heavy atom. The quantitative estimate of drug-likeness (QED) is 0.291. The average molecular weight is 594 g/mol. The molecule has 0 aliphatic carbocycles. The molecule has 2 heterocycles. The zero-order chi connectivity index (χ0) is 29.9. The topological polar surface area (TPSA) is 108 Å². The summed E-state index contributed by atoms with van der Waals surface area (Å²) in [6.07, 6.45) is -5.00. The van der Waals surface area contributed by atoms with Crippen LogP contribution in [0.1, 0.15) is 61.6 Å². The molecule has 3 rings (SSSR count). The second kappa shape index (κ2) is 12.5. The Bertz CT molecular complexity index is 1140. The number of aryl methyl sites for hydroxylation is 2. The Hall–Kier alpha value is -2.61. The van der Waals surface area contributed by atoms with Gasteiger partial charge >= 0.3 is 18.1 Å². The van der Waals surface area contributed by atoms with Crippen molar-refractivity contribution >= 4 is 34.4 Å². The number of amides is 3. The van der Waals surface area contributed by atoms with Crippen LogP contribution in [0.4, 0.5) is 32.4 Å². The fourth-order valence-corrected chi connectivity index (χ4v) is 6.29. The van der Waals surface area contributed by atoms with Crippen molar-refractivity contribution in [3.63, 3.8) is 0 Å². The van der Waals surface area contributed by atoms with Gasteiger partial charge in [0.2, 0.25) is 0 Å². The molecule has 1 spiro atoms. The molecule has 0 aromatic heterocycles. The van der Waals surface area contributed by atoms with Gasteiger partial charge in [-0.2, -0.15) is 22.0 Å². The Morgan fingerprint density at radius 2 is 1.70 bits per heavy atom. The van der Waals surface area contributed by atoms with Gasteiger partial charge in [-0.05, 0) is 74.8 Å². The van der Waals surface area contributed by atoms with Gasteiger partial charge in [0.05, 0.1) is 11.0 Å². The molecular weight excluding hydrogens is 557 g/mol. The predicted molar refractivity (Wildman–Crippen MR) is 144 cm³/mol. The monoisotopic (exact) mass is 593 g/mol. The minimum Gasteiger partial charge on any atom is -0.351 e. The van der Waals surface area contributed by atoms with Crippen molar-refractivity contribution < 1.29 is 35.8 Å². The van der Waals surface area contributed by atoms with E-state index in [0.29, 0.717) is 56.0 Å². The summed E-state index contributed by atoms with van der Waals surface area (Å²) in [6, 6.07) is 3.18. The van der Waals surface area contributed by atoms with Gasteiger partial charge in [-0.1, -0.05) is 6.42 Å². The summed E-state index contributed by atoms with van der Waals surface area (Å²) < 4.78 is 77.7. The maximum Gasteiger partial charge on any atom is 0.453 e. The van der Waals surface area contributed by atoms with Gasteiger partial charge in [0.25, 0.3) is 5.91 Å². The fourth-order valence-electron chi connectivity index (χ4n) is 5.06. The molecule has 3 amide bonds. The summed E-state index contributed by atoms with van der Waals surface area (Å²) in [7, 11) is 0.320. The number of hydrogen-bond donors (Lipinski definition) is 2. The number of nitrogens with one attached hydrogen (secondary N) is 1. The number of nitrogens with zero attached hydrogens (tertiary/aromatic N) is 3. The summed E-state index contributed by atoms with van der Waals surface area (Å²) >= 11 is 0. The number of primary amides is 1. The second-order valence-corrected chi connectivity index (χ2v) is 12.0. The van der Waals surface area contributed by atoms with Crippen LogP contribution in [-0.4, -0.2) is 69.8 Å². The van der Waals surface area contributed by atoms with Crippen LogP contribution in [-0.2, 0) is 22.2 Å². The molecule has 0 bridgehead atoms. The van der Waals surface area contributed by atoms with Crippen LogP contribution in [0.25, 0.3) is 0 Å². The molecule has 1 unspecified atom stereocenters. The molecule has 8 nitrogen and oxygen atoms in total. The number of urea groups is 1. The van der Waals surface area contributed by atoms with Crippen LogP contribution < -0.4 is 16.0 Å². The molecule has 0 radical (unpaired) electrons. The van der Waals surface area contributed by atoms with Crippen molar-refractivity contribution in [3.05, 3.63) is 28.8 Å². The number of carbonyl (C=O) groups is 2. The Labute approximate surface area is 233 Å². The van der Waals surface area contributed by atoms with Gasteiger partial charge in [-0.15, -0.1) is 0 Å². The molecule has 1 atom stereocenters. The predicted octanol–water partition coefficient (Wildman–Crippen LogP) is 4.54. The number of alkyl halides is 5. The van der Waals surface area contributed by atoms with E-state index in [2.05, 4.69) is 10.3 Å². The molecule has 2 aliphatic heterocycles. The molecule has 2 aliphatic rings. The van der Waals surface area contributed by atoms with Crippen LogP contribution in [0.5, 0.6) is 0 Å². The van der Waals surface area contributed by atoms with Crippen LogP contribution in [0.15, 0.2) is 17.1 Å². The molecule has 3 N–H and O–H groups in total. The number of benzene rings is 1. The third kappa shape index (κ3) is 7.36.